The Morgan fingerprint density at radius 3 is 2.32 bits per heavy atom. The number of rotatable bonds is 5. The number of hydrogen-bond donors (Lipinski definition) is 1. The molecule has 0 heterocycles. The summed E-state index contributed by atoms with van der Waals surface area (Å²) in [7, 11) is 0. The molecule has 0 saturated carbocycles. The predicted molar refractivity (Wildman–Crippen MR) is 101 cm³/mol. The molecule has 3 rings (SSSR count). The van der Waals surface area contributed by atoms with Gasteiger partial charge in [0.05, 0.1) is 0 Å². The highest BCUT2D eigenvalue weighted by atomic mass is 16.5. The van der Waals surface area contributed by atoms with E-state index in [1.807, 2.05) is 86.6 Å². The lowest BCUT2D eigenvalue weighted by Crippen LogP contribution is -2.13. The van der Waals surface area contributed by atoms with E-state index in [1.165, 1.54) is 0 Å². The molecule has 0 bridgehead atoms. The molecular weight excluding hydrogens is 310 g/mol. The van der Waals surface area contributed by atoms with E-state index in [9.17, 15) is 4.79 Å². The molecule has 1 amide bonds. The van der Waals surface area contributed by atoms with Gasteiger partial charge in [-0.15, -0.1) is 0 Å². The summed E-state index contributed by atoms with van der Waals surface area (Å²) in [6.45, 7) is 4.52. The second kappa shape index (κ2) is 7.67. The van der Waals surface area contributed by atoms with Crippen molar-refractivity contribution in [2.24, 2.45) is 0 Å². The summed E-state index contributed by atoms with van der Waals surface area (Å²) in [5.74, 6) is 0.725. The number of amides is 1. The average Bonchev–Trinajstić information content (AvgIpc) is 2.65. The fraction of sp³-hybridized carbons (Fsp3) is 0.136. The van der Waals surface area contributed by atoms with Crippen LogP contribution in [0.1, 0.15) is 27.0 Å². The van der Waals surface area contributed by atoms with Crippen LogP contribution in [0, 0.1) is 13.8 Å². The highest BCUT2D eigenvalue weighted by Gasteiger charge is 2.08. The standard InChI is InChI=1S/C22H21NO2/c1-16-7-6-10-21(17(16)2)23-22(24)19-13-11-18(12-14-19)15-25-20-8-4-3-5-9-20/h3-14H,15H2,1-2H3,(H,23,24). The molecule has 126 valence electrons. The number of nitrogens with one attached hydrogen (secondary N) is 1. The Balaban J connectivity index is 1.63. The SMILES string of the molecule is Cc1cccc(NC(=O)c2ccc(COc3ccccc3)cc2)c1C. The maximum absolute atomic E-state index is 12.4. The number of aryl methyl sites for hydroxylation is 1. The number of carbonyl (C=O) groups is 1. The summed E-state index contributed by atoms with van der Waals surface area (Å²) in [5, 5.41) is 2.97. The molecule has 0 aliphatic carbocycles. The van der Waals surface area contributed by atoms with Crippen molar-refractivity contribution >= 4 is 11.6 Å². The van der Waals surface area contributed by atoms with E-state index < -0.39 is 0 Å². The Bertz CT molecular complexity index is 855. The van der Waals surface area contributed by atoms with Gasteiger partial charge in [0, 0.05) is 11.3 Å². The molecule has 0 saturated heterocycles. The van der Waals surface area contributed by atoms with Crippen molar-refractivity contribution in [2.45, 2.75) is 20.5 Å². The molecule has 1 N–H and O–H groups in total. The van der Waals surface area contributed by atoms with E-state index in [-0.39, 0.29) is 5.91 Å². The minimum Gasteiger partial charge on any atom is -0.489 e. The Morgan fingerprint density at radius 2 is 1.60 bits per heavy atom. The zero-order valence-electron chi connectivity index (χ0n) is 14.5. The molecule has 0 radical (unpaired) electrons. The van der Waals surface area contributed by atoms with Crippen LogP contribution in [0.15, 0.2) is 72.8 Å². The molecule has 3 nitrogen and oxygen atoms in total. The molecule has 25 heavy (non-hydrogen) atoms. The number of hydrogen-bond acceptors (Lipinski definition) is 2. The van der Waals surface area contributed by atoms with Crippen LogP contribution in [-0.4, -0.2) is 5.91 Å². The van der Waals surface area contributed by atoms with Crippen LogP contribution >= 0.6 is 0 Å². The van der Waals surface area contributed by atoms with Gasteiger partial charge in [0.2, 0.25) is 0 Å². The third-order valence-corrected chi connectivity index (χ3v) is 4.22. The van der Waals surface area contributed by atoms with Gasteiger partial charge in [-0.3, -0.25) is 4.79 Å². The van der Waals surface area contributed by atoms with Crippen LogP contribution in [0.4, 0.5) is 5.69 Å². The summed E-state index contributed by atoms with van der Waals surface area (Å²) >= 11 is 0. The van der Waals surface area contributed by atoms with Crippen molar-refractivity contribution in [2.75, 3.05) is 5.32 Å². The highest BCUT2D eigenvalue weighted by Crippen LogP contribution is 2.19. The summed E-state index contributed by atoms with van der Waals surface area (Å²) in [6.07, 6.45) is 0. The lowest BCUT2D eigenvalue weighted by molar-refractivity contribution is 0.102. The summed E-state index contributed by atoms with van der Waals surface area (Å²) in [4.78, 5) is 12.4. The van der Waals surface area contributed by atoms with E-state index >= 15 is 0 Å². The predicted octanol–water partition coefficient (Wildman–Crippen LogP) is 5.13. The fourth-order valence-corrected chi connectivity index (χ4v) is 2.52. The molecule has 0 fully saturated rings. The topological polar surface area (TPSA) is 38.3 Å². The average molecular weight is 331 g/mol. The monoisotopic (exact) mass is 331 g/mol. The normalized spacial score (nSPS) is 10.3. The fourth-order valence-electron chi connectivity index (χ4n) is 2.52. The Labute approximate surface area is 148 Å². The van der Waals surface area contributed by atoms with E-state index in [2.05, 4.69) is 5.32 Å². The van der Waals surface area contributed by atoms with E-state index in [1.54, 1.807) is 0 Å². The first-order valence-electron chi connectivity index (χ1n) is 8.28. The minimum absolute atomic E-state index is 0.107. The number of para-hydroxylation sites is 1. The van der Waals surface area contributed by atoms with Crippen molar-refractivity contribution in [3.8, 4) is 5.75 Å². The Kier molecular flexibility index (Phi) is 5.14. The Hall–Kier alpha value is -3.07. The molecule has 0 spiro atoms. The summed E-state index contributed by atoms with van der Waals surface area (Å²) < 4.78 is 5.72. The lowest BCUT2D eigenvalue weighted by atomic mass is 10.1. The van der Waals surface area contributed by atoms with Crippen LogP contribution < -0.4 is 10.1 Å². The zero-order valence-corrected chi connectivity index (χ0v) is 14.5. The van der Waals surface area contributed by atoms with Crippen LogP contribution in [0.3, 0.4) is 0 Å². The van der Waals surface area contributed by atoms with Gasteiger partial charge in [0.25, 0.3) is 5.91 Å². The van der Waals surface area contributed by atoms with Crippen molar-refractivity contribution < 1.29 is 9.53 Å². The van der Waals surface area contributed by atoms with Gasteiger partial charge in [-0.2, -0.15) is 0 Å². The highest BCUT2D eigenvalue weighted by molar-refractivity contribution is 6.04. The summed E-state index contributed by atoms with van der Waals surface area (Å²) in [5.41, 5.74) is 4.74. The van der Waals surface area contributed by atoms with Gasteiger partial charge in [-0.1, -0.05) is 42.5 Å². The maximum Gasteiger partial charge on any atom is 0.255 e. The Morgan fingerprint density at radius 1 is 0.880 bits per heavy atom. The van der Waals surface area contributed by atoms with Crippen molar-refractivity contribution in [1.29, 1.82) is 0 Å². The second-order valence-corrected chi connectivity index (χ2v) is 6.00. The van der Waals surface area contributed by atoms with Crippen LogP contribution in [-0.2, 0) is 6.61 Å². The third-order valence-electron chi connectivity index (χ3n) is 4.22. The number of ether oxygens (including phenoxy) is 1. The smallest absolute Gasteiger partial charge is 0.255 e. The van der Waals surface area contributed by atoms with Crippen molar-refractivity contribution in [1.82, 2.24) is 0 Å². The van der Waals surface area contributed by atoms with E-state index in [4.69, 9.17) is 4.74 Å². The molecule has 0 atom stereocenters. The zero-order chi connectivity index (χ0) is 17.6. The number of benzene rings is 3. The van der Waals surface area contributed by atoms with Crippen molar-refractivity contribution in [3.63, 3.8) is 0 Å². The minimum atomic E-state index is -0.107. The van der Waals surface area contributed by atoms with Crippen LogP contribution in [0.5, 0.6) is 5.75 Å². The van der Waals surface area contributed by atoms with Gasteiger partial charge >= 0.3 is 0 Å². The van der Waals surface area contributed by atoms with Gasteiger partial charge in [-0.05, 0) is 60.9 Å². The quantitative estimate of drug-likeness (QED) is 0.703. The number of anilines is 1. The van der Waals surface area contributed by atoms with Gasteiger partial charge in [0.15, 0.2) is 0 Å². The molecule has 3 heteroatoms. The molecule has 0 aromatic heterocycles. The molecular formula is C22H21NO2. The van der Waals surface area contributed by atoms with Gasteiger partial charge < -0.3 is 10.1 Å². The molecule has 0 aliphatic rings. The van der Waals surface area contributed by atoms with Gasteiger partial charge in [-0.25, -0.2) is 0 Å². The third kappa shape index (κ3) is 4.27. The van der Waals surface area contributed by atoms with Crippen LogP contribution in [0.25, 0.3) is 0 Å². The maximum atomic E-state index is 12.4. The summed E-state index contributed by atoms with van der Waals surface area (Å²) in [6, 6.07) is 23.1. The molecule has 3 aromatic rings. The van der Waals surface area contributed by atoms with Crippen LogP contribution in [0.2, 0.25) is 0 Å². The molecule has 0 unspecified atom stereocenters. The first kappa shape index (κ1) is 16.8. The number of carbonyl (C=O) groups excluding carboxylic acids is 1. The molecule has 0 aliphatic heterocycles. The second-order valence-electron chi connectivity index (χ2n) is 6.00. The lowest BCUT2D eigenvalue weighted by Gasteiger charge is -2.11. The molecule has 3 aromatic carbocycles. The van der Waals surface area contributed by atoms with Gasteiger partial charge in [0.1, 0.15) is 12.4 Å². The van der Waals surface area contributed by atoms with E-state index in [0.717, 1.165) is 28.1 Å². The van der Waals surface area contributed by atoms with E-state index in [0.29, 0.717) is 12.2 Å². The largest absolute Gasteiger partial charge is 0.489 e. The first-order valence-corrected chi connectivity index (χ1v) is 8.28. The first-order chi connectivity index (χ1) is 12.1. The van der Waals surface area contributed by atoms with Crippen molar-refractivity contribution in [3.05, 3.63) is 95.1 Å².